The van der Waals surface area contributed by atoms with Gasteiger partial charge in [-0.05, 0) is 35.8 Å². The molecule has 0 unspecified atom stereocenters. The average molecular weight is 333 g/mol. The summed E-state index contributed by atoms with van der Waals surface area (Å²) in [6.07, 6.45) is 9.50. The third kappa shape index (κ3) is 2.22. The van der Waals surface area contributed by atoms with E-state index in [1.54, 1.807) is 11.3 Å². The summed E-state index contributed by atoms with van der Waals surface area (Å²) >= 11 is 14.0. The van der Waals surface area contributed by atoms with Crippen LogP contribution in [0.4, 0.5) is 10.8 Å². The Bertz CT molecular complexity index is 902. The second-order valence-corrected chi connectivity index (χ2v) is 6.68. The number of nitrogens with one attached hydrogen (secondary N) is 1. The van der Waals surface area contributed by atoms with Gasteiger partial charge in [0.15, 0.2) is 5.13 Å². The number of fused-ring (bicyclic) bond motifs is 2. The summed E-state index contributed by atoms with van der Waals surface area (Å²) in [5.74, 6) is 0. The van der Waals surface area contributed by atoms with Crippen molar-refractivity contribution in [3.05, 3.63) is 61.9 Å². The van der Waals surface area contributed by atoms with Crippen molar-refractivity contribution in [2.24, 2.45) is 0 Å². The molecule has 5 heteroatoms. The fraction of sp³-hybridized carbons (Fsp3) is 0.0625. The van der Waals surface area contributed by atoms with Crippen molar-refractivity contribution < 1.29 is 0 Å². The smallest absolute Gasteiger partial charge is 0.188 e. The van der Waals surface area contributed by atoms with Crippen molar-refractivity contribution in [3.63, 3.8) is 0 Å². The van der Waals surface area contributed by atoms with E-state index < -0.39 is 0 Å². The minimum Gasteiger partial charge on any atom is -0.329 e. The lowest BCUT2D eigenvalue weighted by Crippen LogP contribution is -2.19. The Morgan fingerprint density at radius 1 is 1.19 bits per heavy atom. The van der Waals surface area contributed by atoms with Gasteiger partial charge in [0, 0.05) is 0 Å². The zero-order chi connectivity index (χ0) is 14.4. The van der Waals surface area contributed by atoms with Crippen LogP contribution < -0.4 is 15.2 Å². The minimum absolute atomic E-state index is 0.593. The van der Waals surface area contributed by atoms with Crippen LogP contribution in [0.2, 0.25) is 10.0 Å². The van der Waals surface area contributed by atoms with Crippen molar-refractivity contribution >= 4 is 57.0 Å². The molecule has 0 spiro atoms. The second kappa shape index (κ2) is 5.02. The molecule has 1 N–H and O–H groups in total. The van der Waals surface area contributed by atoms with Gasteiger partial charge < -0.3 is 5.32 Å². The molecular weight excluding hydrogens is 323 g/mol. The first kappa shape index (κ1) is 13.1. The predicted octanol–water partition coefficient (Wildman–Crippen LogP) is 4.02. The third-order valence-electron chi connectivity index (χ3n) is 3.50. The van der Waals surface area contributed by atoms with E-state index in [0.717, 1.165) is 16.9 Å². The first-order valence-corrected chi connectivity index (χ1v) is 8.09. The number of para-hydroxylation sites is 1. The maximum atomic E-state index is 6.18. The number of hydrogen-bond donors (Lipinski definition) is 1. The lowest BCUT2D eigenvalue weighted by Gasteiger charge is -2.07. The van der Waals surface area contributed by atoms with E-state index in [2.05, 4.69) is 29.6 Å². The summed E-state index contributed by atoms with van der Waals surface area (Å²) in [5, 5.41) is 6.31. The average Bonchev–Trinajstić information content (AvgIpc) is 3.00. The standard InChI is InChI=1S/C16H10Cl2N2S/c17-11-6-3-7-12(18)15(11)20-16-19-14-10-5-2-1-4-9(10)8-13(14)21-16/h1-4,6-8H,5H2,(H,19,20). The molecule has 1 aromatic carbocycles. The largest absolute Gasteiger partial charge is 0.329 e. The normalized spacial score (nSPS) is 15.3. The van der Waals surface area contributed by atoms with Crippen molar-refractivity contribution in [1.29, 1.82) is 0 Å². The van der Waals surface area contributed by atoms with E-state index in [4.69, 9.17) is 28.2 Å². The van der Waals surface area contributed by atoms with Crippen LogP contribution in [0.25, 0.3) is 11.6 Å². The molecule has 0 radical (unpaired) electrons. The number of allylic oxidation sites excluding steroid dienone is 4. The van der Waals surface area contributed by atoms with Crippen LogP contribution in [0.5, 0.6) is 0 Å². The quantitative estimate of drug-likeness (QED) is 0.898. The highest BCUT2D eigenvalue weighted by atomic mass is 35.5. The van der Waals surface area contributed by atoms with Crippen LogP contribution in [0.1, 0.15) is 6.42 Å². The number of nitrogens with zero attached hydrogens (tertiary/aromatic N) is 1. The maximum absolute atomic E-state index is 6.18. The molecular formula is C16H10Cl2N2S. The zero-order valence-corrected chi connectivity index (χ0v) is 13.2. The van der Waals surface area contributed by atoms with E-state index in [1.165, 1.54) is 15.7 Å². The van der Waals surface area contributed by atoms with Crippen molar-refractivity contribution in [1.82, 2.24) is 4.98 Å². The van der Waals surface area contributed by atoms with Gasteiger partial charge in [0.2, 0.25) is 0 Å². The summed E-state index contributed by atoms with van der Waals surface area (Å²) in [6, 6.07) is 5.45. The molecule has 0 fully saturated rings. The van der Waals surface area contributed by atoms with Crippen molar-refractivity contribution in [2.75, 3.05) is 5.32 Å². The molecule has 2 aromatic rings. The Kier molecular flexibility index (Phi) is 3.14. The molecule has 0 aliphatic heterocycles. The number of hydrogen-bond acceptors (Lipinski definition) is 3. The fourth-order valence-electron chi connectivity index (χ4n) is 2.51. The highest BCUT2D eigenvalue weighted by Gasteiger charge is 2.16. The Hall–Kier alpha value is -1.55. The first-order valence-electron chi connectivity index (χ1n) is 6.52. The lowest BCUT2D eigenvalue weighted by molar-refractivity contribution is 1.25. The monoisotopic (exact) mass is 332 g/mol. The summed E-state index contributed by atoms with van der Waals surface area (Å²) in [4.78, 5) is 4.70. The molecule has 1 heterocycles. The van der Waals surface area contributed by atoms with Crippen molar-refractivity contribution in [3.8, 4) is 0 Å². The van der Waals surface area contributed by atoms with Gasteiger partial charge in [-0.1, -0.05) is 58.8 Å². The number of aromatic nitrogens is 1. The molecule has 4 rings (SSSR count). The zero-order valence-electron chi connectivity index (χ0n) is 10.9. The number of rotatable bonds is 2. The van der Waals surface area contributed by atoms with Gasteiger partial charge in [-0.2, -0.15) is 0 Å². The van der Waals surface area contributed by atoms with Crippen LogP contribution in [0.3, 0.4) is 0 Å². The fourth-order valence-corrected chi connectivity index (χ4v) is 3.95. The van der Waals surface area contributed by atoms with Gasteiger partial charge in [-0.25, -0.2) is 4.98 Å². The SMILES string of the molecule is Clc1cccc(Cl)c1Nc1nc2c(s1)=CC1=CC=CCC=21. The van der Waals surface area contributed by atoms with Crippen LogP contribution in [-0.2, 0) is 0 Å². The van der Waals surface area contributed by atoms with Gasteiger partial charge in [-0.15, -0.1) is 0 Å². The topological polar surface area (TPSA) is 24.9 Å². The Labute approximate surface area is 135 Å². The van der Waals surface area contributed by atoms with E-state index in [9.17, 15) is 0 Å². The van der Waals surface area contributed by atoms with E-state index >= 15 is 0 Å². The molecule has 104 valence electrons. The molecule has 0 atom stereocenters. The Balaban J connectivity index is 1.77. The van der Waals surface area contributed by atoms with Gasteiger partial charge >= 0.3 is 0 Å². The number of anilines is 2. The minimum atomic E-state index is 0.593. The first-order chi connectivity index (χ1) is 10.2. The van der Waals surface area contributed by atoms with Crippen molar-refractivity contribution in [2.45, 2.75) is 6.42 Å². The highest BCUT2D eigenvalue weighted by molar-refractivity contribution is 7.13. The highest BCUT2D eigenvalue weighted by Crippen LogP contribution is 2.33. The Morgan fingerprint density at radius 2 is 2.00 bits per heavy atom. The second-order valence-electron chi connectivity index (χ2n) is 4.83. The molecule has 21 heavy (non-hydrogen) atoms. The summed E-state index contributed by atoms with van der Waals surface area (Å²) in [6.45, 7) is 0. The molecule has 0 saturated heterocycles. The summed E-state index contributed by atoms with van der Waals surface area (Å²) in [7, 11) is 0. The molecule has 2 aliphatic rings. The third-order valence-corrected chi connectivity index (χ3v) is 5.05. The van der Waals surface area contributed by atoms with Gasteiger partial charge in [0.05, 0.1) is 25.6 Å². The molecule has 0 bridgehead atoms. The van der Waals surface area contributed by atoms with Crippen LogP contribution in [-0.4, -0.2) is 4.98 Å². The summed E-state index contributed by atoms with van der Waals surface area (Å²) < 4.78 is 1.19. The summed E-state index contributed by atoms with van der Waals surface area (Å²) in [5.41, 5.74) is 3.27. The molecule has 2 nitrogen and oxygen atoms in total. The lowest BCUT2D eigenvalue weighted by atomic mass is 10.0. The van der Waals surface area contributed by atoms with Crippen LogP contribution in [0, 0.1) is 0 Å². The van der Waals surface area contributed by atoms with E-state index in [0.29, 0.717) is 15.7 Å². The van der Waals surface area contributed by atoms with Gasteiger partial charge in [0.25, 0.3) is 0 Å². The van der Waals surface area contributed by atoms with E-state index in [-0.39, 0.29) is 0 Å². The number of thiazole rings is 1. The van der Waals surface area contributed by atoms with Crippen LogP contribution in [0.15, 0.2) is 42.0 Å². The van der Waals surface area contributed by atoms with Crippen LogP contribution >= 0.6 is 34.5 Å². The maximum Gasteiger partial charge on any atom is 0.188 e. The number of benzene rings is 1. The molecule has 0 amide bonds. The van der Waals surface area contributed by atoms with E-state index in [1.807, 2.05) is 18.2 Å². The molecule has 2 aliphatic carbocycles. The molecule has 1 aromatic heterocycles. The predicted molar refractivity (Wildman–Crippen MR) is 90.8 cm³/mol. The van der Waals surface area contributed by atoms with Gasteiger partial charge in [-0.3, -0.25) is 0 Å². The number of halogens is 2. The Morgan fingerprint density at radius 3 is 2.81 bits per heavy atom. The van der Waals surface area contributed by atoms with Gasteiger partial charge in [0.1, 0.15) is 0 Å². The molecule has 0 saturated carbocycles.